The number of carboxylic acids is 2. The number of carbonyl (C=O) groups excluding carboxylic acids is 7. The first-order valence-corrected chi connectivity index (χ1v) is 52.4. The van der Waals surface area contributed by atoms with Crippen molar-refractivity contribution in [3.8, 4) is 0 Å². The number of amides is 9. The summed E-state index contributed by atoms with van der Waals surface area (Å²) in [6.07, 6.45) is 6.41. The van der Waals surface area contributed by atoms with Gasteiger partial charge in [-0.05, 0) is 272 Å². The molecule has 14 heterocycles. The molecule has 3 spiro atoms. The average molecular weight is 1930 g/mol. The second-order valence-electron chi connectivity index (χ2n) is 31.1. The number of thioether (sulfide) groups is 13. The van der Waals surface area contributed by atoms with Gasteiger partial charge >= 0.3 is 53.4 Å². The number of aromatic nitrogens is 3. The molecule has 0 saturated carbocycles. The van der Waals surface area contributed by atoms with E-state index in [-0.39, 0.29) is 30.0 Å². The number of rotatable bonds is 10. The largest absolute Gasteiger partial charge is 0.477 e. The second-order valence-corrected chi connectivity index (χ2v) is 49.6. The van der Waals surface area contributed by atoms with Crippen molar-refractivity contribution in [2.45, 2.75) is 199 Å². The lowest BCUT2D eigenvalue weighted by Crippen LogP contribution is -2.62. The number of carbonyl (C=O) groups is 9. The molecule has 17 rings (SSSR count). The average Bonchev–Trinajstić information content (AvgIpc) is 1.68. The molecule has 39 heteroatoms. The van der Waals surface area contributed by atoms with Crippen LogP contribution in [-0.2, 0) is 46.6 Å². The topological polar surface area (TPSA) is 342 Å². The Morgan fingerprint density at radius 3 is 1.29 bits per heavy atom. The van der Waals surface area contributed by atoms with Gasteiger partial charge in [-0.3, -0.25) is 38.3 Å². The molecule has 123 heavy (non-hydrogen) atoms. The number of carboxylic acid groups (broad SMARTS) is 2. The maximum Gasteiger partial charge on any atom is 0.348 e. The minimum Gasteiger partial charge on any atom is -0.477 e. The van der Waals surface area contributed by atoms with Crippen LogP contribution >= 0.6 is 160 Å². The van der Waals surface area contributed by atoms with E-state index in [1.807, 2.05) is 114 Å². The molecule has 0 radical (unpaired) electrons. The third kappa shape index (κ3) is 14.1. The van der Waals surface area contributed by atoms with Crippen molar-refractivity contribution in [2.24, 2.45) is 0 Å². The predicted octanol–water partition coefficient (Wildman–Crippen LogP) is 21.5. The Kier molecular flexibility index (Phi) is 24.9. The maximum absolute atomic E-state index is 14.6. The van der Waals surface area contributed by atoms with Gasteiger partial charge < -0.3 is 15.1 Å². The van der Waals surface area contributed by atoms with E-state index < -0.39 is 96.9 Å². The van der Waals surface area contributed by atoms with Crippen molar-refractivity contribution in [1.82, 2.24) is 35.6 Å². The summed E-state index contributed by atoms with van der Waals surface area (Å²) in [6, 6.07) is 4.89. The van der Waals surface area contributed by atoms with Crippen LogP contribution in [0.2, 0.25) is 0 Å². The van der Waals surface area contributed by atoms with Gasteiger partial charge in [-0.2, -0.15) is 10.0 Å². The van der Waals surface area contributed by atoms with Crippen LogP contribution in [-0.4, -0.2) is 127 Å². The number of hydrogen-bond donors (Lipinski definition) is 7. The Labute approximate surface area is 766 Å². The third-order valence-electron chi connectivity index (χ3n) is 25.0. The van der Waals surface area contributed by atoms with E-state index in [2.05, 4.69) is 108 Å². The van der Waals surface area contributed by atoms with Gasteiger partial charge in [0.1, 0.15) is 33.2 Å². The number of hydrogen-bond acceptors (Lipinski definition) is 25. The first-order chi connectivity index (χ1) is 58.0. The first-order valence-electron chi connectivity index (χ1n) is 39.3. The lowest BCUT2D eigenvalue weighted by molar-refractivity contribution is -0.134. The molecule has 0 bridgehead atoms. The number of H-pyrrole nitrogens is 2. The Bertz CT molecular complexity index is 6030. The van der Waals surface area contributed by atoms with Gasteiger partial charge in [-0.25, -0.2) is 59.1 Å². The predicted molar refractivity (Wildman–Crippen MR) is 516 cm³/mol. The van der Waals surface area contributed by atoms with Crippen molar-refractivity contribution in [3.05, 3.63) is 192 Å². The number of benzene rings is 3. The molecule has 1 atom stereocenters. The van der Waals surface area contributed by atoms with Crippen LogP contribution in [0.3, 0.4) is 0 Å². The molecule has 13 aliphatic rings. The number of nitrogens with zero attached hydrogens (tertiary/aromatic N) is 6. The molecule has 2 fully saturated rings. The van der Waals surface area contributed by atoms with Crippen LogP contribution in [0, 0.1) is 34.6 Å². The van der Waals surface area contributed by atoms with Crippen LogP contribution in [0.5, 0.6) is 0 Å². The molecule has 1 unspecified atom stereocenters. The molecule has 4 aromatic rings. The minimum atomic E-state index is -4.56. The minimum absolute atomic E-state index is 0.0362. The summed E-state index contributed by atoms with van der Waals surface area (Å²) in [5.41, 5.74) is 21.4. The van der Waals surface area contributed by atoms with E-state index in [0.717, 1.165) is 175 Å². The van der Waals surface area contributed by atoms with Gasteiger partial charge in [0.2, 0.25) is 5.91 Å². The highest BCUT2D eigenvalue weighted by Crippen LogP contribution is 2.79. The molecule has 3 aromatic carbocycles. The van der Waals surface area contributed by atoms with Crippen molar-refractivity contribution >= 4 is 259 Å². The quantitative estimate of drug-likeness (QED) is 0.0725. The Morgan fingerprint density at radius 1 is 0.472 bits per heavy atom. The second kappa shape index (κ2) is 33.5. The summed E-state index contributed by atoms with van der Waals surface area (Å²) >= 11 is 19.0. The number of imide groups is 2. The van der Waals surface area contributed by atoms with Crippen LogP contribution < -0.4 is 36.7 Å². The van der Waals surface area contributed by atoms with Gasteiger partial charge in [0, 0.05) is 54.7 Å². The lowest BCUT2D eigenvalue weighted by atomic mass is 9.77. The molecule has 9 amide bonds. The van der Waals surface area contributed by atoms with Crippen molar-refractivity contribution in [1.29, 1.82) is 0 Å². The highest BCUT2D eigenvalue weighted by molar-refractivity contribution is 8.27. The van der Waals surface area contributed by atoms with Crippen LogP contribution in [0.25, 0.3) is 28.9 Å². The van der Waals surface area contributed by atoms with Crippen molar-refractivity contribution in [2.75, 3.05) is 26.0 Å². The fraction of sp³-hybridized carbons (Fsp3) is 0.393. The zero-order valence-electron chi connectivity index (χ0n) is 70.6. The van der Waals surface area contributed by atoms with Crippen LogP contribution in [0.15, 0.2) is 114 Å². The number of aliphatic carboxylic acids is 2. The fourth-order valence-electron chi connectivity index (χ4n) is 17.8. The number of fused-ring (bicyclic) bond motifs is 11. The Morgan fingerprint density at radius 2 is 0.862 bits per heavy atom. The van der Waals surface area contributed by atoms with Gasteiger partial charge in [0.15, 0.2) is 0 Å². The molecule has 25 nitrogen and oxygen atoms in total. The molecule has 648 valence electrons. The number of urea groups is 2. The smallest absolute Gasteiger partial charge is 0.348 e. The summed E-state index contributed by atoms with van der Waals surface area (Å²) < 4.78 is 14.5. The zero-order valence-corrected chi connectivity index (χ0v) is 82.1. The summed E-state index contributed by atoms with van der Waals surface area (Å²) in [4.78, 5) is 167. The van der Waals surface area contributed by atoms with Gasteiger partial charge in [0.25, 0.3) is 11.8 Å². The summed E-state index contributed by atoms with van der Waals surface area (Å²) in [7, 11) is -4.56. The molecular formula is C84H89N10O15PS13. The Balaban J connectivity index is 0.000000143. The third-order valence-corrected chi connectivity index (χ3v) is 45.1. The number of aromatic amines is 2. The lowest BCUT2D eigenvalue weighted by Gasteiger charge is -2.54. The number of allylic oxidation sites excluding steroid dienone is 7. The normalized spacial score (nSPS) is 22.2. The number of aryl methyl sites for hydroxylation is 1. The van der Waals surface area contributed by atoms with E-state index in [1.165, 1.54) is 59.9 Å². The summed E-state index contributed by atoms with van der Waals surface area (Å²) in [6.45, 7) is 38.4. The molecule has 0 aliphatic carbocycles. The molecule has 13 aliphatic heterocycles. The van der Waals surface area contributed by atoms with Gasteiger partial charge in [0.05, 0.1) is 39.6 Å². The SMILES string of the molecule is CC1=C(C)SC2(S1)C(C)=C(C)SC1=C2c2cc3c(c(C)c2N(C(=O)NN2C(=O)CSC2=O)P1(=O)O)C=CSC3.CCC1(CC)C2=C(c3cc(C)c(C)c(C)c3N1C(=O)Cn1c(=O)[nH][nH]c1=O)C1(SC(C(=O)O)=C(C(=O)O)S1)C(C)=C(C)S2.CCC1(CC)C2=C(c3cc4c(c(C)c3N1C(=O)NN1C(=O)CSC1=O)C=CSC4)C1(SC(C)=C(C)S1)C(C)=C(C)S2. The number of anilines is 3. The monoisotopic (exact) mass is 1920 g/mol. The fourth-order valence-corrected chi connectivity index (χ4v) is 38.7. The van der Waals surface area contributed by atoms with E-state index in [4.69, 9.17) is 0 Å². The first kappa shape index (κ1) is 91.3. The number of hydrazine groups is 2. The number of nitrogens with one attached hydrogen (secondary N) is 4. The van der Waals surface area contributed by atoms with E-state index in [0.29, 0.717) is 53.2 Å². The summed E-state index contributed by atoms with van der Waals surface area (Å²) in [5, 5.41) is 29.2. The van der Waals surface area contributed by atoms with Gasteiger partial charge in [-0.15, -0.1) is 70.6 Å². The van der Waals surface area contributed by atoms with E-state index in [9.17, 15) is 72.4 Å². The maximum atomic E-state index is 14.6. The molecular weight excluding hydrogens is 1840 g/mol. The summed E-state index contributed by atoms with van der Waals surface area (Å²) in [5.74, 6) is -2.49. The molecule has 7 N–H and O–H groups in total. The molecule has 1 aromatic heterocycles. The Hall–Kier alpha value is -6.49. The van der Waals surface area contributed by atoms with E-state index >= 15 is 0 Å². The van der Waals surface area contributed by atoms with E-state index in [1.54, 1.807) is 63.7 Å². The highest BCUT2D eigenvalue weighted by atomic mass is 32.2. The van der Waals surface area contributed by atoms with Crippen LogP contribution in [0.4, 0.5) is 36.2 Å². The standard InChI is InChI=1S/C30H33N3O3S5.C29H32N4O7S3.C25H24N3O5PS5/c1-8-29(9-2)26-24(30(16(4)17(5)39-26)40-18(6)19(7)41-30)22-12-20-13-37-11-10-21(20)15(3)25(22)32(29)27(35)31-33-23(34)14-38-28(33)36;1-8-28(9-2)23-19(29(15(6)16(7)41-23)42-21(24(35)36)22(43-29)25(37)38)17-10-12(3)13(4)14(5)20(17)33(28)18(34)11-32-26(39)30-31-27(32)40;1-11-17-6-7-35-9-16(17)8-18-20-22(37-13(3)12(2)25(20)38-14(4)15(5)39-25)34(32,33)28(21(11)18)23(30)26-27-19(29)10-36-24(27)31/h10-12H,8-9,13-14H2,1-7H3,(H,31,35);10H,8-9,11H2,1-7H3,(H,30,39)(H,31,40)(H,35,36)(H,37,38);6-8H,9-10H2,1-5H3,(H,26,30)(H,32,33). The zero-order chi connectivity index (χ0) is 89.2. The molecule has 2 saturated heterocycles. The van der Waals surface area contributed by atoms with Crippen molar-refractivity contribution in [3.63, 3.8) is 0 Å². The van der Waals surface area contributed by atoms with Crippen LogP contribution in [0.1, 0.15) is 189 Å². The van der Waals surface area contributed by atoms with Crippen molar-refractivity contribution < 1.29 is 62.8 Å². The highest BCUT2D eigenvalue weighted by Gasteiger charge is 2.63. The van der Waals surface area contributed by atoms with Gasteiger partial charge in [-0.1, -0.05) is 110 Å².